The van der Waals surface area contributed by atoms with Gasteiger partial charge in [-0.3, -0.25) is 20.2 Å². The maximum absolute atomic E-state index is 12.5. The summed E-state index contributed by atoms with van der Waals surface area (Å²) in [5.41, 5.74) is 2.83. The van der Waals surface area contributed by atoms with Crippen molar-refractivity contribution in [1.29, 1.82) is 0 Å². The van der Waals surface area contributed by atoms with Gasteiger partial charge >= 0.3 is 6.01 Å². The number of oxazole rings is 1. The van der Waals surface area contributed by atoms with Crippen LogP contribution in [0, 0.1) is 6.92 Å². The van der Waals surface area contributed by atoms with Crippen LogP contribution in [-0.2, 0) is 4.79 Å². The average molecular weight is 398 g/mol. The van der Waals surface area contributed by atoms with Gasteiger partial charge in [-0.2, -0.15) is 4.98 Å². The smallest absolute Gasteiger partial charge is 0.302 e. The lowest BCUT2D eigenvalue weighted by atomic mass is 10.1. The number of methoxy groups -OCH3 is 1. The van der Waals surface area contributed by atoms with E-state index < -0.39 is 5.91 Å². The van der Waals surface area contributed by atoms with Gasteiger partial charge in [-0.25, -0.2) is 0 Å². The fourth-order valence-corrected chi connectivity index (χ4v) is 2.84. The molecule has 3 rings (SSSR count). The molecular weight excluding hydrogens is 380 g/mol. The van der Waals surface area contributed by atoms with Crippen molar-refractivity contribution in [3.8, 4) is 5.75 Å². The molecule has 144 valence electrons. The van der Waals surface area contributed by atoms with Gasteiger partial charge in [0.1, 0.15) is 11.3 Å². The van der Waals surface area contributed by atoms with Crippen molar-refractivity contribution < 1.29 is 18.7 Å². The summed E-state index contributed by atoms with van der Waals surface area (Å²) in [6.07, 6.45) is 0. The Balaban J connectivity index is 1.72. The number of ether oxygens (including phenoxy) is 1. The number of para-hydroxylation sites is 1. The van der Waals surface area contributed by atoms with Crippen LogP contribution in [0.4, 0.5) is 11.7 Å². The van der Waals surface area contributed by atoms with Gasteiger partial charge in [-0.05, 0) is 42.9 Å². The highest BCUT2D eigenvalue weighted by Gasteiger charge is 2.16. The van der Waals surface area contributed by atoms with Crippen LogP contribution >= 0.6 is 12.2 Å². The fraction of sp³-hybridized carbons (Fsp3) is 0.158. The summed E-state index contributed by atoms with van der Waals surface area (Å²) in [4.78, 5) is 27.9. The first-order chi connectivity index (χ1) is 13.4. The maximum atomic E-state index is 12.5. The molecule has 0 aliphatic heterocycles. The van der Waals surface area contributed by atoms with Gasteiger partial charge in [0, 0.05) is 18.7 Å². The molecule has 0 radical (unpaired) electrons. The van der Waals surface area contributed by atoms with E-state index in [1.54, 1.807) is 30.3 Å². The molecule has 0 saturated carbocycles. The number of carbonyl (C=O) groups excluding carboxylic acids is 2. The summed E-state index contributed by atoms with van der Waals surface area (Å²) in [5.74, 6) is -0.120. The summed E-state index contributed by atoms with van der Waals surface area (Å²) < 4.78 is 10.9. The number of anilines is 2. The third-order valence-corrected chi connectivity index (χ3v) is 4.02. The quantitative estimate of drug-likeness (QED) is 0.580. The lowest BCUT2D eigenvalue weighted by molar-refractivity contribution is -0.114. The molecule has 0 bridgehead atoms. The van der Waals surface area contributed by atoms with Crippen molar-refractivity contribution in [2.75, 3.05) is 17.7 Å². The molecular formula is C19H18N4O4S. The number of aromatic nitrogens is 1. The van der Waals surface area contributed by atoms with Gasteiger partial charge < -0.3 is 14.5 Å². The second-order valence-electron chi connectivity index (χ2n) is 5.95. The number of amides is 2. The minimum Gasteiger partial charge on any atom is -0.496 e. The van der Waals surface area contributed by atoms with Crippen molar-refractivity contribution >= 4 is 51.9 Å². The van der Waals surface area contributed by atoms with E-state index in [1.807, 2.05) is 13.0 Å². The molecule has 0 spiro atoms. The lowest BCUT2D eigenvalue weighted by Crippen LogP contribution is -2.34. The Kier molecular flexibility index (Phi) is 5.55. The zero-order chi connectivity index (χ0) is 20.3. The van der Waals surface area contributed by atoms with Crippen LogP contribution in [0.2, 0.25) is 0 Å². The predicted octanol–water partition coefficient (Wildman–Crippen LogP) is 3.23. The summed E-state index contributed by atoms with van der Waals surface area (Å²) in [5, 5.41) is 8.01. The molecule has 3 N–H and O–H groups in total. The summed E-state index contributed by atoms with van der Waals surface area (Å²) in [7, 11) is 1.50. The van der Waals surface area contributed by atoms with Gasteiger partial charge in [0.25, 0.3) is 5.91 Å². The van der Waals surface area contributed by atoms with Gasteiger partial charge in [-0.1, -0.05) is 12.1 Å². The zero-order valence-electron chi connectivity index (χ0n) is 15.5. The number of rotatable bonds is 4. The van der Waals surface area contributed by atoms with E-state index in [1.165, 1.54) is 14.0 Å². The number of carbonyl (C=O) groups is 2. The largest absolute Gasteiger partial charge is 0.496 e. The average Bonchev–Trinajstić information content (AvgIpc) is 3.02. The molecule has 1 heterocycles. The number of benzene rings is 2. The van der Waals surface area contributed by atoms with Crippen LogP contribution in [0.3, 0.4) is 0 Å². The highest BCUT2D eigenvalue weighted by molar-refractivity contribution is 7.80. The van der Waals surface area contributed by atoms with E-state index in [9.17, 15) is 9.59 Å². The molecule has 8 nitrogen and oxygen atoms in total. The maximum Gasteiger partial charge on any atom is 0.302 e. The number of hydrogen-bond donors (Lipinski definition) is 3. The van der Waals surface area contributed by atoms with Crippen LogP contribution in [0.1, 0.15) is 22.8 Å². The van der Waals surface area contributed by atoms with E-state index in [2.05, 4.69) is 20.9 Å². The van der Waals surface area contributed by atoms with Crippen LogP contribution < -0.4 is 20.7 Å². The first kappa shape index (κ1) is 19.3. The molecule has 0 aliphatic rings. The number of fused-ring (bicyclic) bond motifs is 1. The molecule has 3 aromatic rings. The molecule has 0 saturated heterocycles. The second kappa shape index (κ2) is 8.05. The molecule has 0 fully saturated rings. The van der Waals surface area contributed by atoms with Crippen LogP contribution in [0.15, 0.2) is 40.8 Å². The Hall–Kier alpha value is -3.46. The van der Waals surface area contributed by atoms with Crippen LogP contribution in [0.5, 0.6) is 5.75 Å². The van der Waals surface area contributed by atoms with Gasteiger partial charge in [0.2, 0.25) is 5.91 Å². The number of nitrogens with one attached hydrogen (secondary N) is 3. The van der Waals surface area contributed by atoms with Crippen LogP contribution in [0.25, 0.3) is 11.1 Å². The Morgan fingerprint density at radius 1 is 1.18 bits per heavy atom. The molecule has 2 aromatic carbocycles. The predicted molar refractivity (Wildman–Crippen MR) is 110 cm³/mol. The van der Waals surface area contributed by atoms with Crippen molar-refractivity contribution in [1.82, 2.24) is 10.3 Å². The Morgan fingerprint density at radius 2 is 1.96 bits per heavy atom. The number of thiocarbonyl (C=S) groups is 1. The van der Waals surface area contributed by atoms with Gasteiger partial charge in [0.15, 0.2) is 10.7 Å². The van der Waals surface area contributed by atoms with Gasteiger partial charge in [-0.15, -0.1) is 0 Å². The monoisotopic (exact) mass is 398 g/mol. The highest BCUT2D eigenvalue weighted by Crippen LogP contribution is 2.24. The standard InChI is InChI=1S/C19H18N4O4S/c1-10-5-4-6-13(16(10)26-3)17(25)22-19(28)23-18-21-14-8-7-12(20-11(2)24)9-15(14)27-18/h4-9H,1-3H3,(H,20,24)(H2,21,22,23,25,28). The SMILES string of the molecule is COc1c(C)cccc1C(=O)NC(=S)Nc1nc2ccc(NC(C)=O)cc2o1. The van der Waals surface area contributed by atoms with Crippen molar-refractivity contribution in [3.05, 3.63) is 47.5 Å². The lowest BCUT2D eigenvalue weighted by Gasteiger charge is -2.11. The summed E-state index contributed by atoms with van der Waals surface area (Å²) in [6.45, 7) is 3.27. The van der Waals surface area contributed by atoms with Gasteiger partial charge in [0.05, 0.1) is 12.7 Å². The third-order valence-electron chi connectivity index (χ3n) is 3.82. The zero-order valence-corrected chi connectivity index (χ0v) is 16.3. The Bertz CT molecular complexity index is 1080. The van der Waals surface area contributed by atoms with Crippen molar-refractivity contribution in [2.45, 2.75) is 13.8 Å². The first-order valence-corrected chi connectivity index (χ1v) is 8.72. The fourth-order valence-electron chi connectivity index (χ4n) is 2.66. The van der Waals surface area contributed by atoms with E-state index in [0.29, 0.717) is 28.1 Å². The van der Waals surface area contributed by atoms with Crippen LogP contribution in [-0.4, -0.2) is 29.0 Å². The summed E-state index contributed by atoms with van der Waals surface area (Å²) >= 11 is 5.17. The Morgan fingerprint density at radius 3 is 2.68 bits per heavy atom. The molecule has 1 aromatic heterocycles. The van der Waals surface area contributed by atoms with E-state index >= 15 is 0 Å². The minimum absolute atomic E-state index is 0.0298. The molecule has 9 heteroatoms. The van der Waals surface area contributed by atoms with E-state index in [0.717, 1.165) is 5.56 Å². The minimum atomic E-state index is -0.415. The number of aryl methyl sites for hydroxylation is 1. The number of nitrogens with zero attached hydrogens (tertiary/aromatic N) is 1. The normalized spacial score (nSPS) is 10.4. The summed E-state index contributed by atoms with van der Waals surface area (Å²) in [6, 6.07) is 10.4. The molecule has 0 atom stereocenters. The topological polar surface area (TPSA) is 105 Å². The molecule has 0 unspecified atom stereocenters. The number of hydrogen-bond acceptors (Lipinski definition) is 6. The van der Waals surface area contributed by atoms with Crippen molar-refractivity contribution in [2.24, 2.45) is 0 Å². The molecule has 2 amide bonds. The van der Waals surface area contributed by atoms with Crippen molar-refractivity contribution in [3.63, 3.8) is 0 Å². The van der Waals surface area contributed by atoms with E-state index in [4.69, 9.17) is 21.4 Å². The molecule has 0 aliphatic carbocycles. The molecule has 28 heavy (non-hydrogen) atoms. The van der Waals surface area contributed by atoms with E-state index in [-0.39, 0.29) is 17.0 Å². The third kappa shape index (κ3) is 4.26. The second-order valence-corrected chi connectivity index (χ2v) is 6.35. The first-order valence-electron chi connectivity index (χ1n) is 8.31. The Labute approximate surface area is 166 Å². The highest BCUT2D eigenvalue weighted by atomic mass is 32.1.